The van der Waals surface area contributed by atoms with Gasteiger partial charge < -0.3 is 24.0 Å². The average Bonchev–Trinajstić information content (AvgIpc) is 3.13. The first-order valence-electron chi connectivity index (χ1n) is 9.39. The minimum atomic E-state index is -0.254. The average molecular weight is 436 g/mol. The van der Waals surface area contributed by atoms with Crippen LogP contribution < -0.4 is 66.6 Å². The number of hydrogen-bond donors (Lipinski definition) is 1. The van der Waals surface area contributed by atoms with Crippen LogP contribution in [0.2, 0.25) is 0 Å². The quantitative estimate of drug-likeness (QED) is 0.328. The predicted molar refractivity (Wildman–Crippen MR) is 109 cm³/mol. The summed E-state index contributed by atoms with van der Waals surface area (Å²) in [6.07, 6.45) is 4.22. The maximum Gasteiger partial charge on any atom is 1.00 e. The molecular formula is C22H24KN2O5-. The van der Waals surface area contributed by atoms with E-state index in [9.17, 15) is 14.7 Å². The van der Waals surface area contributed by atoms with E-state index in [-0.39, 0.29) is 82.1 Å². The second-order valence-corrected chi connectivity index (χ2v) is 6.62. The van der Waals surface area contributed by atoms with E-state index in [1.54, 1.807) is 42.5 Å². The number of rotatable bonds is 8. The van der Waals surface area contributed by atoms with Gasteiger partial charge in [0.15, 0.2) is 0 Å². The summed E-state index contributed by atoms with van der Waals surface area (Å²) in [5.74, 6) is 1.19. The van der Waals surface area contributed by atoms with Gasteiger partial charge in [0.1, 0.15) is 0 Å². The minimum absolute atomic E-state index is 0. The van der Waals surface area contributed by atoms with Gasteiger partial charge in [-0.1, -0.05) is 0 Å². The summed E-state index contributed by atoms with van der Waals surface area (Å²) in [5, 5.41) is 9.50. The van der Waals surface area contributed by atoms with Gasteiger partial charge in [-0.05, 0) is 12.5 Å². The molecule has 0 radical (unpaired) electrons. The van der Waals surface area contributed by atoms with Crippen molar-refractivity contribution in [2.45, 2.75) is 25.4 Å². The number of carbonyl (C=O) groups excluding carboxylic acids is 1. The van der Waals surface area contributed by atoms with Gasteiger partial charge in [-0.3, -0.25) is 9.59 Å². The number of allylic oxidation sites excluding steroid dienone is 1. The molecule has 1 N–H and O–H groups in total. The summed E-state index contributed by atoms with van der Waals surface area (Å²) in [4.78, 5) is 25.9. The van der Waals surface area contributed by atoms with Gasteiger partial charge in [0, 0.05) is 30.2 Å². The standard InChI is InChI=1S/C22H24N2O5.K/c1-3-20(16-4-8-19(28-2)9-5-16)29-13-12-23-14-17(6-10-21(23)26)24-18(15-25)7-11-22(24)27;/h3-4,6,8-10,14,18,25H,1,7,11-13,15H2,2H3;/q-2;+1/b20-3+;. The fourth-order valence-electron chi connectivity index (χ4n) is 3.30. The first-order valence-corrected chi connectivity index (χ1v) is 9.39. The molecule has 30 heavy (non-hydrogen) atoms. The first kappa shape index (κ1) is 24.7. The van der Waals surface area contributed by atoms with E-state index in [2.05, 4.69) is 13.0 Å². The van der Waals surface area contributed by atoms with Crippen LogP contribution in [0.25, 0.3) is 5.76 Å². The van der Waals surface area contributed by atoms with Gasteiger partial charge in [-0.25, -0.2) is 6.92 Å². The molecule has 2 heterocycles. The maximum atomic E-state index is 12.2. The van der Waals surface area contributed by atoms with Crippen LogP contribution in [0.4, 0.5) is 5.69 Å². The molecule has 1 atom stereocenters. The summed E-state index contributed by atoms with van der Waals surface area (Å²) >= 11 is 0. The number of aliphatic hydroxyl groups is 1. The Bertz CT molecular complexity index is 939. The van der Waals surface area contributed by atoms with Crippen molar-refractivity contribution in [1.82, 2.24) is 4.57 Å². The van der Waals surface area contributed by atoms with Crippen LogP contribution in [-0.2, 0) is 16.1 Å². The smallest absolute Gasteiger partial charge is 0.540 e. The molecule has 154 valence electrons. The first-order chi connectivity index (χ1) is 14.1. The van der Waals surface area contributed by atoms with E-state index < -0.39 is 0 Å². The molecule has 3 rings (SSSR count). The minimum Gasteiger partial charge on any atom is -0.540 e. The van der Waals surface area contributed by atoms with Crippen LogP contribution in [-0.4, -0.2) is 41.9 Å². The number of pyridine rings is 1. The SMILES string of the molecule is [CH2-]/C=C(/OCCn1cc(N2C(=O)CCC2CO)ccc1=O)c1[c-]cc(OC)cc1.[K+]. The Morgan fingerprint density at radius 2 is 2.13 bits per heavy atom. The molecule has 0 saturated carbocycles. The molecule has 0 aliphatic carbocycles. The van der Waals surface area contributed by atoms with Crippen molar-refractivity contribution in [3.8, 4) is 5.75 Å². The monoisotopic (exact) mass is 435 g/mol. The number of aliphatic hydroxyl groups excluding tert-OH is 1. The zero-order valence-corrected chi connectivity index (χ0v) is 20.5. The molecule has 1 unspecified atom stereocenters. The van der Waals surface area contributed by atoms with Crippen LogP contribution in [0.3, 0.4) is 0 Å². The number of methoxy groups -OCH3 is 1. The largest absolute Gasteiger partial charge is 1.00 e. The number of hydrogen-bond acceptors (Lipinski definition) is 5. The normalized spacial score (nSPS) is 16.3. The number of benzene rings is 1. The van der Waals surface area contributed by atoms with Crippen molar-refractivity contribution < 1.29 is 70.8 Å². The summed E-state index contributed by atoms with van der Waals surface area (Å²) in [6.45, 7) is 4.19. The van der Waals surface area contributed by atoms with Gasteiger partial charge in [0.25, 0.3) is 5.56 Å². The van der Waals surface area contributed by atoms with E-state index in [1.807, 2.05) is 6.07 Å². The summed E-state index contributed by atoms with van der Waals surface area (Å²) in [6, 6.07) is 11.2. The Labute approximate surface area is 218 Å². The third-order valence-electron chi connectivity index (χ3n) is 4.84. The number of nitrogens with zero attached hydrogens (tertiary/aromatic N) is 2. The fraction of sp³-hybridized carbons (Fsp3) is 0.318. The number of aromatic nitrogens is 1. The van der Waals surface area contributed by atoms with Gasteiger partial charge in [-0.15, -0.1) is 29.8 Å². The second kappa shape index (κ2) is 11.7. The van der Waals surface area contributed by atoms with Crippen LogP contribution >= 0.6 is 0 Å². The molecule has 7 nitrogen and oxygen atoms in total. The molecule has 8 heteroatoms. The molecule has 1 amide bonds. The number of amides is 1. The topological polar surface area (TPSA) is 81.0 Å². The fourth-order valence-corrected chi connectivity index (χ4v) is 3.30. The molecule has 1 aromatic heterocycles. The van der Waals surface area contributed by atoms with Crippen LogP contribution in [0.5, 0.6) is 5.75 Å². The Hall–Kier alpha value is -1.55. The van der Waals surface area contributed by atoms with E-state index in [1.165, 1.54) is 10.6 Å². The Balaban J connectivity index is 0.00000320. The van der Waals surface area contributed by atoms with Crippen LogP contribution in [0.1, 0.15) is 18.4 Å². The number of carbonyl (C=O) groups is 1. The molecule has 1 fully saturated rings. The second-order valence-electron chi connectivity index (χ2n) is 6.62. The van der Waals surface area contributed by atoms with Gasteiger partial charge >= 0.3 is 51.4 Å². The molecule has 1 aromatic carbocycles. The number of ether oxygens (including phenoxy) is 2. The van der Waals surface area contributed by atoms with Gasteiger partial charge in [-0.2, -0.15) is 6.08 Å². The van der Waals surface area contributed by atoms with Crippen molar-refractivity contribution >= 4 is 17.4 Å². The molecule has 2 aromatic rings. The zero-order valence-electron chi connectivity index (χ0n) is 17.3. The Morgan fingerprint density at radius 3 is 2.77 bits per heavy atom. The van der Waals surface area contributed by atoms with Crippen molar-refractivity contribution in [2.75, 3.05) is 25.2 Å². The molecule has 0 bridgehead atoms. The number of anilines is 1. The zero-order chi connectivity index (χ0) is 20.8. The Kier molecular flexibility index (Phi) is 9.67. The molecule has 0 spiro atoms. The van der Waals surface area contributed by atoms with Gasteiger partial charge in [0.2, 0.25) is 5.91 Å². The predicted octanol–water partition coefficient (Wildman–Crippen LogP) is -0.959. The van der Waals surface area contributed by atoms with E-state index in [0.29, 0.717) is 36.6 Å². The van der Waals surface area contributed by atoms with Crippen LogP contribution in [0, 0.1) is 13.0 Å². The van der Waals surface area contributed by atoms with Crippen molar-refractivity contribution in [3.05, 3.63) is 71.5 Å². The van der Waals surface area contributed by atoms with E-state index in [0.717, 1.165) is 5.56 Å². The third kappa shape index (κ3) is 5.78. The summed E-state index contributed by atoms with van der Waals surface area (Å²) in [5.41, 5.74) is 1.14. The summed E-state index contributed by atoms with van der Waals surface area (Å²) in [7, 11) is 1.59. The molecular weight excluding hydrogens is 411 g/mol. The van der Waals surface area contributed by atoms with Crippen molar-refractivity contribution in [3.63, 3.8) is 0 Å². The Morgan fingerprint density at radius 1 is 1.33 bits per heavy atom. The molecule has 1 aliphatic rings. The summed E-state index contributed by atoms with van der Waals surface area (Å²) < 4.78 is 12.4. The maximum absolute atomic E-state index is 12.2. The third-order valence-corrected chi connectivity index (χ3v) is 4.84. The molecule has 1 aliphatic heterocycles. The van der Waals surface area contributed by atoms with Crippen molar-refractivity contribution in [1.29, 1.82) is 0 Å². The van der Waals surface area contributed by atoms with Crippen LogP contribution in [0.15, 0.2) is 47.4 Å². The van der Waals surface area contributed by atoms with Crippen molar-refractivity contribution in [2.24, 2.45) is 0 Å². The van der Waals surface area contributed by atoms with Gasteiger partial charge in [0.05, 0.1) is 38.6 Å². The van der Waals surface area contributed by atoms with E-state index in [4.69, 9.17) is 9.47 Å². The van der Waals surface area contributed by atoms with E-state index >= 15 is 0 Å². The molecule has 1 saturated heterocycles.